The molecule has 1 heterocycles. The van der Waals surface area contributed by atoms with Crippen LogP contribution in [0.3, 0.4) is 0 Å². The number of para-hydroxylation sites is 1. The fourth-order valence-corrected chi connectivity index (χ4v) is 2.37. The van der Waals surface area contributed by atoms with Crippen LogP contribution in [0.25, 0.3) is 11.0 Å². The topological polar surface area (TPSA) is 68.5 Å². The minimum absolute atomic E-state index is 0.0987. The van der Waals surface area contributed by atoms with Crippen LogP contribution in [0.1, 0.15) is 15.9 Å². The lowest BCUT2D eigenvalue weighted by atomic mass is 10.1. The molecular weight excluding hydrogens is 332 g/mol. The van der Waals surface area contributed by atoms with Crippen LogP contribution in [-0.2, 0) is 6.54 Å². The van der Waals surface area contributed by atoms with Crippen LogP contribution in [0.15, 0.2) is 51.7 Å². The van der Waals surface area contributed by atoms with Crippen molar-refractivity contribution in [3.05, 3.63) is 75.6 Å². The molecule has 0 radical (unpaired) electrons. The van der Waals surface area contributed by atoms with Crippen molar-refractivity contribution in [2.45, 2.75) is 6.54 Å². The second kappa shape index (κ2) is 6.72. The van der Waals surface area contributed by atoms with Gasteiger partial charge in [0.2, 0.25) is 0 Å². The molecular formula is C18H13F2NO4. The Labute approximate surface area is 140 Å². The first-order chi connectivity index (χ1) is 12.0. The molecule has 1 aromatic heterocycles. The molecule has 3 rings (SSSR count). The van der Waals surface area contributed by atoms with E-state index in [9.17, 15) is 18.4 Å². The highest BCUT2D eigenvalue weighted by molar-refractivity contribution is 5.97. The van der Waals surface area contributed by atoms with Crippen LogP contribution in [0.2, 0.25) is 0 Å². The Kier molecular flexibility index (Phi) is 4.47. The highest BCUT2D eigenvalue weighted by Crippen LogP contribution is 2.24. The summed E-state index contributed by atoms with van der Waals surface area (Å²) in [6.07, 6.45) is 0. The van der Waals surface area contributed by atoms with E-state index in [1.165, 1.54) is 19.2 Å². The number of carbonyl (C=O) groups is 1. The van der Waals surface area contributed by atoms with Crippen LogP contribution < -0.4 is 15.7 Å². The number of nitrogens with one attached hydrogen (secondary N) is 1. The van der Waals surface area contributed by atoms with Crippen molar-refractivity contribution in [3.63, 3.8) is 0 Å². The van der Waals surface area contributed by atoms with E-state index < -0.39 is 23.2 Å². The van der Waals surface area contributed by atoms with E-state index in [4.69, 9.17) is 9.15 Å². The van der Waals surface area contributed by atoms with Gasteiger partial charge in [0.15, 0.2) is 11.3 Å². The van der Waals surface area contributed by atoms with Crippen LogP contribution in [0.5, 0.6) is 5.75 Å². The normalized spacial score (nSPS) is 10.7. The summed E-state index contributed by atoms with van der Waals surface area (Å²) in [5.41, 5.74) is -0.727. The molecule has 0 saturated heterocycles. The van der Waals surface area contributed by atoms with Gasteiger partial charge in [0.1, 0.15) is 17.2 Å². The zero-order chi connectivity index (χ0) is 18.0. The fourth-order valence-electron chi connectivity index (χ4n) is 2.37. The summed E-state index contributed by atoms with van der Waals surface area (Å²) in [7, 11) is 1.44. The van der Waals surface area contributed by atoms with Crippen LogP contribution in [0.4, 0.5) is 8.78 Å². The molecule has 7 heteroatoms. The molecule has 0 bridgehead atoms. The number of fused-ring (bicyclic) bond motifs is 1. The largest absolute Gasteiger partial charge is 0.493 e. The first-order valence-electron chi connectivity index (χ1n) is 7.32. The van der Waals surface area contributed by atoms with Gasteiger partial charge in [0.25, 0.3) is 5.91 Å². The van der Waals surface area contributed by atoms with Gasteiger partial charge in [-0.05, 0) is 18.2 Å². The molecule has 0 spiro atoms. The second-order valence-corrected chi connectivity index (χ2v) is 5.24. The summed E-state index contributed by atoms with van der Waals surface area (Å²) < 4.78 is 36.7. The molecule has 3 aromatic rings. The number of rotatable bonds is 4. The quantitative estimate of drug-likeness (QED) is 0.738. The summed E-state index contributed by atoms with van der Waals surface area (Å²) in [6.45, 7) is -0.194. The monoisotopic (exact) mass is 345 g/mol. The van der Waals surface area contributed by atoms with Gasteiger partial charge in [-0.1, -0.05) is 18.2 Å². The van der Waals surface area contributed by atoms with E-state index >= 15 is 0 Å². The van der Waals surface area contributed by atoms with E-state index in [1.54, 1.807) is 18.2 Å². The molecule has 2 aromatic carbocycles. The zero-order valence-electron chi connectivity index (χ0n) is 13.1. The molecule has 0 aliphatic rings. The average molecular weight is 345 g/mol. The van der Waals surface area contributed by atoms with Crippen molar-refractivity contribution in [2.24, 2.45) is 0 Å². The lowest BCUT2D eigenvalue weighted by molar-refractivity contribution is 0.0947. The number of carbonyl (C=O) groups excluding carboxylic acids is 1. The van der Waals surface area contributed by atoms with Crippen molar-refractivity contribution in [2.75, 3.05) is 7.11 Å². The predicted octanol–water partition coefficient (Wildman–Crippen LogP) is 3.01. The van der Waals surface area contributed by atoms with Gasteiger partial charge in [-0.2, -0.15) is 0 Å². The maximum absolute atomic E-state index is 13.6. The van der Waals surface area contributed by atoms with E-state index in [0.717, 1.165) is 12.1 Å². The SMILES string of the molecule is COc1cccc2cc(C(=O)NCc3ccc(F)cc3F)c(=O)oc12. The second-order valence-electron chi connectivity index (χ2n) is 5.24. The zero-order valence-corrected chi connectivity index (χ0v) is 13.1. The van der Waals surface area contributed by atoms with Gasteiger partial charge in [0, 0.05) is 23.6 Å². The molecule has 1 N–H and O–H groups in total. The summed E-state index contributed by atoms with van der Waals surface area (Å²) in [5, 5.41) is 2.93. The van der Waals surface area contributed by atoms with Crippen molar-refractivity contribution in [1.29, 1.82) is 0 Å². The van der Waals surface area contributed by atoms with E-state index in [2.05, 4.69) is 5.32 Å². The van der Waals surface area contributed by atoms with Crippen LogP contribution >= 0.6 is 0 Å². The van der Waals surface area contributed by atoms with Crippen LogP contribution in [-0.4, -0.2) is 13.0 Å². The third-order valence-electron chi connectivity index (χ3n) is 3.64. The molecule has 0 fully saturated rings. The third kappa shape index (κ3) is 3.35. The molecule has 5 nitrogen and oxygen atoms in total. The van der Waals surface area contributed by atoms with Gasteiger partial charge in [-0.3, -0.25) is 4.79 Å². The number of ether oxygens (including phenoxy) is 1. The standard InChI is InChI=1S/C18H13F2NO4/c1-24-15-4-2-3-10-7-13(18(23)25-16(10)15)17(22)21-9-11-5-6-12(19)8-14(11)20/h2-8H,9H2,1H3,(H,21,22). The summed E-state index contributed by atoms with van der Waals surface area (Å²) in [4.78, 5) is 24.3. The molecule has 25 heavy (non-hydrogen) atoms. The highest BCUT2D eigenvalue weighted by atomic mass is 19.1. The Hall–Kier alpha value is -3.22. The number of halogens is 2. The van der Waals surface area contributed by atoms with Crippen molar-refractivity contribution in [1.82, 2.24) is 5.32 Å². The maximum Gasteiger partial charge on any atom is 0.349 e. The minimum atomic E-state index is -0.839. The average Bonchev–Trinajstić information content (AvgIpc) is 2.59. The molecule has 0 unspecified atom stereocenters. The first-order valence-corrected chi connectivity index (χ1v) is 7.32. The Balaban J connectivity index is 1.87. The Morgan fingerprint density at radius 3 is 2.72 bits per heavy atom. The van der Waals surface area contributed by atoms with Crippen molar-refractivity contribution >= 4 is 16.9 Å². The Morgan fingerprint density at radius 2 is 2.00 bits per heavy atom. The van der Waals surface area contributed by atoms with E-state index in [0.29, 0.717) is 11.1 Å². The highest BCUT2D eigenvalue weighted by Gasteiger charge is 2.16. The Bertz CT molecular complexity index is 1010. The smallest absolute Gasteiger partial charge is 0.349 e. The number of hydrogen-bond donors (Lipinski definition) is 1. The third-order valence-corrected chi connectivity index (χ3v) is 3.64. The Morgan fingerprint density at radius 1 is 1.20 bits per heavy atom. The van der Waals surface area contributed by atoms with Crippen LogP contribution in [0, 0.1) is 11.6 Å². The van der Waals surface area contributed by atoms with Gasteiger partial charge in [-0.25, -0.2) is 13.6 Å². The predicted molar refractivity (Wildman–Crippen MR) is 86.6 cm³/mol. The van der Waals surface area contributed by atoms with Gasteiger partial charge in [-0.15, -0.1) is 0 Å². The number of hydrogen-bond acceptors (Lipinski definition) is 4. The number of benzene rings is 2. The number of methoxy groups -OCH3 is 1. The number of amides is 1. The summed E-state index contributed by atoms with van der Waals surface area (Å²) >= 11 is 0. The molecule has 128 valence electrons. The van der Waals surface area contributed by atoms with E-state index in [1.807, 2.05) is 0 Å². The molecule has 0 aliphatic heterocycles. The van der Waals surface area contributed by atoms with Crippen molar-refractivity contribution in [3.8, 4) is 5.75 Å². The molecule has 0 saturated carbocycles. The van der Waals surface area contributed by atoms with Gasteiger partial charge < -0.3 is 14.5 Å². The fraction of sp³-hybridized carbons (Fsp3) is 0.111. The minimum Gasteiger partial charge on any atom is -0.493 e. The summed E-state index contributed by atoms with van der Waals surface area (Å²) in [5.74, 6) is -1.84. The molecule has 0 aliphatic carbocycles. The maximum atomic E-state index is 13.6. The summed E-state index contributed by atoms with van der Waals surface area (Å²) in [6, 6.07) is 9.38. The van der Waals surface area contributed by atoms with Gasteiger partial charge in [0.05, 0.1) is 7.11 Å². The van der Waals surface area contributed by atoms with E-state index in [-0.39, 0.29) is 23.3 Å². The van der Waals surface area contributed by atoms with Gasteiger partial charge >= 0.3 is 5.63 Å². The lowest BCUT2D eigenvalue weighted by Gasteiger charge is -2.07. The lowest BCUT2D eigenvalue weighted by Crippen LogP contribution is -2.28. The molecule has 0 atom stereocenters. The molecule has 1 amide bonds. The first kappa shape index (κ1) is 16.6. The van der Waals surface area contributed by atoms with Crippen molar-refractivity contribution < 1.29 is 22.7 Å².